The van der Waals surface area contributed by atoms with Crippen LogP contribution in [-0.2, 0) is 9.53 Å². The molecule has 2 heteroatoms. The molecule has 64 valence electrons. The van der Waals surface area contributed by atoms with Crippen molar-refractivity contribution in [3.63, 3.8) is 0 Å². The van der Waals surface area contributed by atoms with Crippen LogP contribution in [0.5, 0.6) is 0 Å². The van der Waals surface area contributed by atoms with Gasteiger partial charge in [0.15, 0.2) is 0 Å². The van der Waals surface area contributed by atoms with E-state index in [1.54, 1.807) is 0 Å². The van der Waals surface area contributed by atoms with Crippen LogP contribution in [0.3, 0.4) is 0 Å². The van der Waals surface area contributed by atoms with E-state index in [4.69, 9.17) is 4.74 Å². The summed E-state index contributed by atoms with van der Waals surface area (Å²) in [6.45, 7) is 4.59. The van der Waals surface area contributed by atoms with Crippen molar-refractivity contribution in [3.05, 3.63) is 0 Å². The fraction of sp³-hybridized carbons (Fsp3) is 0.889. The molecule has 0 aromatic carbocycles. The Bertz CT molecular complexity index is 136. The Morgan fingerprint density at radius 3 is 2.64 bits per heavy atom. The number of ether oxygens (including phenoxy) is 1. The Kier molecular flexibility index (Phi) is 2.92. The predicted molar refractivity (Wildman–Crippen MR) is 43.1 cm³/mol. The van der Waals surface area contributed by atoms with E-state index in [9.17, 15) is 4.79 Å². The third-order valence-electron chi connectivity index (χ3n) is 2.23. The first-order valence-corrected chi connectivity index (χ1v) is 4.38. The zero-order valence-electron chi connectivity index (χ0n) is 7.30. The summed E-state index contributed by atoms with van der Waals surface area (Å²) in [5.41, 5.74) is 0. The topological polar surface area (TPSA) is 26.3 Å². The molecule has 0 unspecified atom stereocenters. The second-order valence-corrected chi connectivity index (χ2v) is 3.45. The zero-order chi connectivity index (χ0) is 8.27. The van der Waals surface area contributed by atoms with Gasteiger partial charge in [0.25, 0.3) is 0 Å². The van der Waals surface area contributed by atoms with E-state index in [1.165, 1.54) is 12.8 Å². The van der Waals surface area contributed by atoms with Gasteiger partial charge in [-0.25, -0.2) is 0 Å². The fourth-order valence-electron chi connectivity index (χ4n) is 1.69. The lowest BCUT2D eigenvalue weighted by Crippen LogP contribution is -2.24. The molecule has 0 heterocycles. The molecule has 0 aromatic rings. The average Bonchev–Trinajstić information content (AvgIpc) is 1.85. The lowest BCUT2D eigenvalue weighted by Gasteiger charge is -2.31. The molecule has 0 radical (unpaired) electrons. The van der Waals surface area contributed by atoms with Gasteiger partial charge in [0.1, 0.15) is 0 Å². The molecule has 0 N–H and O–H groups in total. The van der Waals surface area contributed by atoms with E-state index >= 15 is 0 Å². The molecule has 1 rings (SSSR count). The van der Waals surface area contributed by atoms with Crippen molar-refractivity contribution in [1.82, 2.24) is 0 Å². The van der Waals surface area contributed by atoms with Crippen LogP contribution in [0.25, 0.3) is 0 Å². The standard InChI is InChI=1S/C9H16O2/c1-3-11-9(10)6-8-4-7(2)5-8/h7-8H,3-6H2,1-2H3. The summed E-state index contributed by atoms with van der Waals surface area (Å²) in [4.78, 5) is 10.9. The molecule has 0 amide bonds. The van der Waals surface area contributed by atoms with E-state index in [1.807, 2.05) is 6.92 Å². The lowest BCUT2D eigenvalue weighted by atomic mass is 9.74. The summed E-state index contributed by atoms with van der Waals surface area (Å²) < 4.78 is 4.84. The van der Waals surface area contributed by atoms with Crippen LogP contribution in [-0.4, -0.2) is 12.6 Å². The second-order valence-electron chi connectivity index (χ2n) is 3.45. The van der Waals surface area contributed by atoms with Gasteiger partial charge >= 0.3 is 5.97 Å². The van der Waals surface area contributed by atoms with Crippen LogP contribution in [0.4, 0.5) is 0 Å². The smallest absolute Gasteiger partial charge is 0.306 e. The second kappa shape index (κ2) is 3.74. The number of carbonyl (C=O) groups is 1. The van der Waals surface area contributed by atoms with Crippen molar-refractivity contribution in [3.8, 4) is 0 Å². The first-order chi connectivity index (χ1) is 5.22. The van der Waals surface area contributed by atoms with Gasteiger partial charge in [0, 0.05) is 6.42 Å². The molecular weight excluding hydrogens is 140 g/mol. The van der Waals surface area contributed by atoms with Crippen molar-refractivity contribution in [1.29, 1.82) is 0 Å². The molecule has 1 fully saturated rings. The van der Waals surface area contributed by atoms with E-state index in [0.29, 0.717) is 18.9 Å². The minimum Gasteiger partial charge on any atom is -0.466 e. The number of esters is 1. The van der Waals surface area contributed by atoms with Crippen molar-refractivity contribution >= 4 is 5.97 Å². The summed E-state index contributed by atoms with van der Waals surface area (Å²) in [6, 6.07) is 0. The van der Waals surface area contributed by atoms with Gasteiger partial charge in [-0.05, 0) is 31.6 Å². The van der Waals surface area contributed by atoms with Crippen LogP contribution in [0.2, 0.25) is 0 Å². The normalized spacial score (nSPS) is 29.3. The van der Waals surface area contributed by atoms with Gasteiger partial charge in [0.2, 0.25) is 0 Å². The van der Waals surface area contributed by atoms with Gasteiger partial charge in [0.05, 0.1) is 6.61 Å². The van der Waals surface area contributed by atoms with Crippen molar-refractivity contribution in [2.24, 2.45) is 11.8 Å². The average molecular weight is 156 g/mol. The Labute approximate surface area is 67.9 Å². The van der Waals surface area contributed by atoms with Crippen LogP contribution in [0.1, 0.15) is 33.1 Å². The molecule has 0 atom stereocenters. The van der Waals surface area contributed by atoms with Crippen LogP contribution in [0, 0.1) is 11.8 Å². The summed E-state index contributed by atoms with van der Waals surface area (Å²) in [5.74, 6) is 1.42. The van der Waals surface area contributed by atoms with Gasteiger partial charge < -0.3 is 4.74 Å². The quantitative estimate of drug-likeness (QED) is 0.584. The highest BCUT2D eigenvalue weighted by atomic mass is 16.5. The molecule has 1 saturated carbocycles. The van der Waals surface area contributed by atoms with Gasteiger partial charge in [-0.2, -0.15) is 0 Å². The molecule has 0 bridgehead atoms. The highest BCUT2D eigenvalue weighted by molar-refractivity contribution is 5.69. The summed E-state index contributed by atoms with van der Waals surface area (Å²) >= 11 is 0. The van der Waals surface area contributed by atoms with Crippen molar-refractivity contribution < 1.29 is 9.53 Å². The molecule has 11 heavy (non-hydrogen) atoms. The summed E-state index contributed by atoms with van der Waals surface area (Å²) in [5, 5.41) is 0. The first-order valence-electron chi connectivity index (χ1n) is 4.38. The number of hydrogen-bond donors (Lipinski definition) is 0. The van der Waals surface area contributed by atoms with Gasteiger partial charge in [-0.3, -0.25) is 4.79 Å². The zero-order valence-corrected chi connectivity index (χ0v) is 7.30. The van der Waals surface area contributed by atoms with Crippen LogP contribution >= 0.6 is 0 Å². The first kappa shape index (κ1) is 8.57. The van der Waals surface area contributed by atoms with Gasteiger partial charge in [-0.1, -0.05) is 6.92 Å². The fourth-order valence-corrected chi connectivity index (χ4v) is 1.69. The lowest BCUT2D eigenvalue weighted by molar-refractivity contribution is -0.145. The summed E-state index contributed by atoms with van der Waals surface area (Å²) in [7, 11) is 0. The maximum atomic E-state index is 10.9. The maximum Gasteiger partial charge on any atom is 0.306 e. The Morgan fingerprint density at radius 2 is 2.18 bits per heavy atom. The number of rotatable bonds is 3. The highest BCUT2D eigenvalue weighted by Gasteiger charge is 2.27. The largest absolute Gasteiger partial charge is 0.466 e. The Morgan fingerprint density at radius 1 is 1.55 bits per heavy atom. The monoisotopic (exact) mass is 156 g/mol. The van der Waals surface area contributed by atoms with E-state index in [-0.39, 0.29) is 5.97 Å². The predicted octanol–water partition coefficient (Wildman–Crippen LogP) is 1.99. The highest BCUT2D eigenvalue weighted by Crippen LogP contribution is 2.35. The number of hydrogen-bond acceptors (Lipinski definition) is 2. The van der Waals surface area contributed by atoms with Gasteiger partial charge in [-0.15, -0.1) is 0 Å². The van der Waals surface area contributed by atoms with E-state index in [2.05, 4.69) is 6.92 Å². The third-order valence-corrected chi connectivity index (χ3v) is 2.23. The van der Waals surface area contributed by atoms with Crippen molar-refractivity contribution in [2.45, 2.75) is 33.1 Å². The SMILES string of the molecule is CCOC(=O)CC1CC(C)C1. The minimum absolute atomic E-state index is 0.0237. The Balaban J connectivity index is 2.07. The molecule has 1 aliphatic rings. The molecular formula is C9H16O2. The molecule has 0 saturated heterocycles. The molecule has 2 nitrogen and oxygen atoms in total. The Hall–Kier alpha value is -0.530. The number of carbonyl (C=O) groups excluding carboxylic acids is 1. The molecule has 0 aromatic heterocycles. The van der Waals surface area contributed by atoms with Crippen LogP contribution in [0.15, 0.2) is 0 Å². The molecule has 0 aliphatic heterocycles. The maximum absolute atomic E-state index is 10.9. The molecule has 1 aliphatic carbocycles. The van der Waals surface area contributed by atoms with Crippen LogP contribution < -0.4 is 0 Å². The third kappa shape index (κ3) is 2.52. The van der Waals surface area contributed by atoms with E-state index in [0.717, 1.165) is 5.92 Å². The van der Waals surface area contributed by atoms with E-state index < -0.39 is 0 Å². The molecule has 0 spiro atoms. The van der Waals surface area contributed by atoms with Crippen molar-refractivity contribution in [2.75, 3.05) is 6.61 Å². The minimum atomic E-state index is -0.0237. The summed E-state index contributed by atoms with van der Waals surface area (Å²) in [6.07, 6.45) is 3.05.